The molecule has 8 nitrogen and oxygen atoms in total. The summed E-state index contributed by atoms with van der Waals surface area (Å²) in [4.78, 5) is 25.9. The number of piperazine rings is 1. The number of carbonyl (C=O) groups is 1. The summed E-state index contributed by atoms with van der Waals surface area (Å²) in [5.41, 5.74) is 5.41. The zero-order valence-electron chi connectivity index (χ0n) is 18.9. The van der Waals surface area contributed by atoms with Crippen LogP contribution in [-0.4, -0.2) is 57.0 Å². The lowest BCUT2D eigenvalue weighted by Crippen LogP contribution is -2.48. The zero-order valence-corrected chi connectivity index (χ0v) is 19.7. The Morgan fingerprint density at radius 2 is 1.94 bits per heavy atom. The predicted molar refractivity (Wildman–Crippen MR) is 129 cm³/mol. The summed E-state index contributed by atoms with van der Waals surface area (Å²) in [7, 11) is 0. The second-order valence-electron chi connectivity index (χ2n) is 8.24. The van der Waals surface area contributed by atoms with Gasteiger partial charge in [-0.2, -0.15) is 4.98 Å². The number of aromatic nitrogens is 3. The number of benzene rings is 2. The van der Waals surface area contributed by atoms with E-state index < -0.39 is 0 Å². The Balaban J connectivity index is 1.14. The second-order valence-corrected chi connectivity index (χ2v) is 8.96. The topological polar surface area (TPSA) is 84.6 Å². The average Bonchev–Trinajstić information content (AvgIpc) is 3.56. The van der Waals surface area contributed by atoms with E-state index in [1.807, 2.05) is 59.7 Å². The molecular formula is C25H25N5O3S. The molecule has 3 heterocycles. The van der Waals surface area contributed by atoms with Crippen LogP contribution in [0.2, 0.25) is 0 Å². The molecule has 2 aromatic heterocycles. The molecule has 5 rings (SSSR count). The highest BCUT2D eigenvalue weighted by atomic mass is 32.1. The molecule has 2 aromatic carbocycles. The summed E-state index contributed by atoms with van der Waals surface area (Å²) < 4.78 is 11.3. The van der Waals surface area contributed by atoms with Gasteiger partial charge in [-0.3, -0.25) is 9.69 Å². The summed E-state index contributed by atoms with van der Waals surface area (Å²) in [6.45, 7) is 5.78. The van der Waals surface area contributed by atoms with Gasteiger partial charge in [0.05, 0.1) is 17.7 Å². The average molecular weight is 476 g/mol. The Hall–Kier alpha value is -3.56. The van der Waals surface area contributed by atoms with E-state index in [1.165, 1.54) is 16.9 Å². The molecule has 1 fully saturated rings. The highest BCUT2D eigenvalue weighted by Gasteiger charge is 2.24. The van der Waals surface area contributed by atoms with Crippen LogP contribution in [0.4, 0.5) is 0 Å². The molecule has 0 radical (unpaired) electrons. The van der Waals surface area contributed by atoms with Gasteiger partial charge in [0.2, 0.25) is 11.7 Å². The van der Waals surface area contributed by atoms with E-state index >= 15 is 0 Å². The number of nitrogens with zero attached hydrogens (tertiary/aromatic N) is 5. The molecule has 1 aliphatic rings. The van der Waals surface area contributed by atoms with E-state index in [9.17, 15) is 4.79 Å². The third kappa shape index (κ3) is 5.32. The van der Waals surface area contributed by atoms with Gasteiger partial charge in [-0.15, -0.1) is 11.3 Å². The van der Waals surface area contributed by atoms with Crippen LogP contribution in [0.1, 0.15) is 27.5 Å². The molecule has 0 unspecified atom stereocenters. The first-order chi connectivity index (χ1) is 16.6. The van der Waals surface area contributed by atoms with Crippen LogP contribution in [0, 0.1) is 6.92 Å². The molecule has 1 saturated heterocycles. The Morgan fingerprint density at radius 3 is 2.71 bits per heavy atom. The molecule has 0 spiro atoms. The highest BCUT2D eigenvalue weighted by molar-refractivity contribution is 7.07. The smallest absolute Gasteiger partial charge is 0.254 e. The number of hydrogen-bond acceptors (Lipinski definition) is 8. The minimum absolute atomic E-state index is 0.0122. The number of ether oxygens (including phenoxy) is 1. The SMILES string of the molecule is Cc1ccc(-c2noc(CN3CCN(C(=O)c4cccc(OCc5cscn5)c4)CC3)n2)cc1. The van der Waals surface area contributed by atoms with E-state index in [0.717, 1.165) is 24.3 Å². The quantitative estimate of drug-likeness (QED) is 0.399. The Bertz CT molecular complexity index is 1230. The standard InChI is InChI=1S/C25H25N5O3S/c1-18-5-7-19(8-6-18)24-27-23(33-28-24)14-29-9-11-30(12-10-29)25(31)20-3-2-4-22(13-20)32-15-21-16-34-17-26-21/h2-8,13,16-17H,9-12,14-15H2,1H3. The van der Waals surface area contributed by atoms with Crippen molar-refractivity contribution in [3.8, 4) is 17.1 Å². The lowest BCUT2D eigenvalue weighted by atomic mass is 10.1. The molecular weight excluding hydrogens is 450 g/mol. The molecule has 1 amide bonds. The predicted octanol–water partition coefficient (Wildman–Crippen LogP) is 4.04. The molecule has 9 heteroatoms. The zero-order chi connectivity index (χ0) is 23.3. The van der Waals surface area contributed by atoms with Crippen molar-refractivity contribution in [2.75, 3.05) is 26.2 Å². The summed E-state index contributed by atoms with van der Waals surface area (Å²) in [5.74, 6) is 1.86. The molecule has 0 saturated carbocycles. The summed E-state index contributed by atoms with van der Waals surface area (Å²) >= 11 is 1.53. The number of amides is 1. The maximum Gasteiger partial charge on any atom is 0.254 e. The molecule has 0 N–H and O–H groups in total. The highest BCUT2D eigenvalue weighted by Crippen LogP contribution is 2.19. The van der Waals surface area contributed by atoms with E-state index in [4.69, 9.17) is 9.26 Å². The lowest BCUT2D eigenvalue weighted by molar-refractivity contribution is 0.0614. The Labute approximate surface area is 201 Å². The first kappa shape index (κ1) is 22.2. The Kier molecular flexibility index (Phi) is 6.64. The van der Waals surface area contributed by atoms with Crippen LogP contribution < -0.4 is 4.74 Å². The van der Waals surface area contributed by atoms with Crippen molar-refractivity contribution in [3.63, 3.8) is 0 Å². The normalized spacial score (nSPS) is 14.3. The van der Waals surface area contributed by atoms with Crippen LogP contribution in [0.25, 0.3) is 11.4 Å². The van der Waals surface area contributed by atoms with Gasteiger partial charge in [0, 0.05) is 42.7 Å². The van der Waals surface area contributed by atoms with E-state index in [1.54, 1.807) is 11.6 Å². The number of thiazole rings is 1. The van der Waals surface area contributed by atoms with Crippen LogP contribution in [0.3, 0.4) is 0 Å². The van der Waals surface area contributed by atoms with Crippen molar-refractivity contribution in [2.45, 2.75) is 20.1 Å². The van der Waals surface area contributed by atoms with Gasteiger partial charge in [0.25, 0.3) is 5.91 Å². The number of hydrogen-bond donors (Lipinski definition) is 0. The maximum absolute atomic E-state index is 13.0. The largest absolute Gasteiger partial charge is 0.487 e. The lowest BCUT2D eigenvalue weighted by Gasteiger charge is -2.34. The summed E-state index contributed by atoms with van der Waals surface area (Å²) in [5, 5.41) is 6.06. The molecule has 1 aliphatic heterocycles. The van der Waals surface area contributed by atoms with Crippen molar-refractivity contribution in [1.82, 2.24) is 24.9 Å². The van der Waals surface area contributed by atoms with Gasteiger partial charge in [0.1, 0.15) is 12.4 Å². The number of aryl methyl sites for hydroxylation is 1. The molecule has 4 aromatic rings. The van der Waals surface area contributed by atoms with Crippen molar-refractivity contribution in [1.29, 1.82) is 0 Å². The molecule has 0 bridgehead atoms. The first-order valence-corrected chi connectivity index (χ1v) is 12.1. The maximum atomic E-state index is 13.0. The van der Waals surface area contributed by atoms with Crippen LogP contribution in [0.5, 0.6) is 5.75 Å². The van der Waals surface area contributed by atoms with Crippen LogP contribution in [-0.2, 0) is 13.2 Å². The summed E-state index contributed by atoms with van der Waals surface area (Å²) in [6, 6.07) is 15.4. The molecule has 174 valence electrons. The third-order valence-corrected chi connectivity index (χ3v) is 6.38. The van der Waals surface area contributed by atoms with Crippen LogP contribution in [0.15, 0.2) is 63.9 Å². The molecule has 0 aliphatic carbocycles. The van der Waals surface area contributed by atoms with Gasteiger partial charge in [-0.25, -0.2) is 4.98 Å². The van der Waals surface area contributed by atoms with Gasteiger partial charge >= 0.3 is 0 Å². The molecule has 34 heavy (non-hydrogen) atoms. The summed E-state index contributed by atoms with van der Waals surface area (Å²) in [6.07, 6.45) is 0. The van der Waals surface area contributed by atoms with Crippen LogP contribution >= 0.6 is 11.3 Å². The van der Waals surface area contributed by atoms with E-state index in [2.05, 4.69) is 20.0 Å². The first-order valence-electron chi connectivity index (χ1n) is 11.2. The minimum atomic E-state index is 0.0122. The van der Waals surface area contributed by atoms with Crippen molar-refractivity contribution in [3.05, 3.63) is 82.1 Å². The number of rotatable bonds is 7. The fourth-order valence-electron chi connectivity index (χ4n) is 3.81. The Morgan fingerprint density at radius 1 is 1.12 bits per heavy atom. The van der Waals surface area contributed by atoms with Gasteiger partial charge in [0.15, 0.2) is 0 Å². The van der Waals surface area contributed by atoms with Gasteiger partial charge in [-0.05, 0) is 25.1 Å². The third-order valence-electron chi connectivity index (χ3n) is 5.75. The van der Waals surface area contributed by atoms with Gasteiger partial charge < -0.3 is 14.2 Å². The number of carbonyl (C=O) groups excluding carboxylic acids is 1. The van der Waals surface area contributed by atoms with E-state index in [0.29, 0.717) is 49.3 Å². The fourth-order valence-corrected chi connectivity index (χ4v) is 4.35. The molecule has 0 atom stereocenters. The van der Waals surface area contributed by atoms with Crippen molar-refractivity contribution in [2.24, 2.45) is 0 Å². The van der Waals surface area contributed by atoms with Crippen molar-refractivity contribution >= 4 is 17.2 Å². The fraction of sp³-hybridized carbons (Fsp3) is 0.280. The van der Waals surface area contributed by atoms with Crippen molar-refractivity contribution < 1.29 is 14.1 Å². The monoisotopic (exact) mass is 475 g/mol. The minimum Gasteiger partial charge on any atom is -0.487 e. The van der Waals surface area contributed by atoms with E-state index in [-0.39, 0.29) is 5.91 Å². The van der Waals surface area contributed by atoms with Gasteiger partial charge in [-0.1, -0.05) is 41.1 Å². The second kappa shape index (κ2) is 10.1.